The number of ether oxygens (including phenoxy) is 2. The quantitative estimate of drug-likeness (QED) is 0.788. The van der Waals surface area contributed by atoms with Gasteiger partial charge in [-0.05, 0) is 18.6 Å². The highest BCUT2D eigenvalue weighted by Gasteiger charge is 2.17. The standard InChI is InChI=1S/C14H20N2O4/c1-2-8-20-12-4-3-5-16(14(12)18)11-13(17)15-6-9-19-10-7-15/h3-5H,2,6-11H2,1H3. The van der Waals surface area contributed by atoms with Crippen molar-refractivity contribution in [3.05, 3.63) is 28.7 Å². The Morgan fingerprint density at radius 3 is 2.85 bits per heavy atom. The molecule has 0 saturated carbocycles. The second kappa shape index (κ2) is 7.09. The van der Waals surface area contributed by atoms with Crippen LogP contribution >= 0.6 is 0 Å². The number of rotatable bonds is 5. The van der Waals surface area contributed by atoms with E-state index in [0.717, 1.165) is 6.42 Å². The number of aromatic nitrogens is 1. The van der Waals surface area contributed by atoms with Crippen LogP contribution in [-0.2, 0) is 16.1 Å². The van der Waals surface area contributed by atoms with Crippen LogP contribution in [0.3, 0.4) is 0 Å². The number of hydrogen-bond acceptors (Lipinski definition) is 4. The van der Waals surface area contributed by atoms with E-state index in [9.17, 15) is 9.59 Å². The molecule has 2 heterocycles. The second-order valence-electron chi connectivity index (χ2n) is 4.65. The minimum Gasteiger partial charge on any atom is -0.488 e. The van der Waals surface area contributed by atoms with Gasteiger partial charge in [-0.3, -0.25) is 9.59 Å². The third-order valence-corrected chi connectivity index (χ3v) is 3.12. The van der Waals surface area contributed by atoms with Crippen LogP contribution in [0.4, 0.5) is 0 Å². The fourth-order valence-electron chi connectivity index (χ4n) is 2.02. The number of amides is 1. The van der Waals surface area contributed by atoms with E-state index in [2.05, 4.69) is 0 Å². The topological polar surface area (TPSA) is 60.8 Å². The molecule has 1 amide bonds. The lowest BCUT2D eigenvalue weighted by molar-refractivity contribution is -0.135. The van der Waals surface area contributed by atoms with Gasteiger partial charge in [-0.1, -0.05) is 6.92 Å². The predicted molar refractivity (Wildman–Crippen MR) is 73.9 cm³/mol. The first-order valence-electron chi connectivity index (χ1n) is 6.90. The normalized spacial score (nSPS) is 15.2. The molecule has 1 aliphatic heterocycles. The van der Waals surface area contributed by atoms with Crippen LogP contribution in [0.5, 0.6) is 5.75 Å². The molecule has 6 nitrogen and oxygen atoms in total. The molecule has 1 fully saturated rings. The van der Waals surface area contributed by atoms with Crippen molar-refractivity contribution in [2.45, 2.75) is 19.9 Å². The maximum Gasteiger partial charge on any atom is 0.293 e. The summed E-state index contributed by atoms with van der Waals surface area (Å²) in [6.07, 6.45) is 2.44. The molecule has 6 heteroatoms. The van der Waals surface area contributed by atoms with Gasteiger partial charge in [0, 0.05) is 19.3 Å². The number of carbonyl (C=O) groups excluding carboxylic acids is 1. The van der Waals surface area contributed by atoms with Gasteiger partial charge in [-0.15, -0.1) is 0 Å². The van der Waals surface area contributed by atoms with Crippen LogP contribution in [0.1, 0.15) is 13.3 Å². The van der Waals surface area contributed by atoms with Gasteiger partial charge in [0.05, 0.1) is 19.8 Å². The summed E-state index contributed by atoms with van der Waals surface area (Å²) < 4.78 is 12.0. The lowest BCUT2D eigenvalue weighted by Crippen LogP contribution is -2.43. The van der Waals surface area contributed by atoms with Crippen LogP contribution in [0.15, 0.2) is 23.1 Å². The van der Waals surface area contributed by atoms with Gasteiger partial charge in [0.2, 0.25) is 5.91 Å². The molecule has 0 spiro atoms. The van der Waals surface area contributed by atoms with Crippen molar-refractivity contribution >= 4 is 5.91 Å². The zero-order valence-corrected chi connectivity index (χ0v) is 11.7. The van der Waals surface area contributed by atoms with Crippen molar-refractivity contribution in [2.75, 3.05) is 32.9 Å². The summed E-state index contributed by atoms with van der Waals surface area (Å²) in [5.41, 5.74) is -0.262. The van der Waals surface area contributed by atoms with Crippen LogP contribution in [0, 0.1) is 0 Å². The van der Waals surface area contributed by atoms with Crippen LogP contribution < -0.4 is 10.3 Å². The number of morpholine rings is 1. The molecule has 1 saturated heterocycles. The average molecular weight is 280 g/mol. The Balaban J connectivity index is 2.05. The Kier molecular flexibility index (Phi) is 5.17. The highest BCUT2D eigenvalue weighted by atomic mass is 16.5. The first-order valence-corrected chi connectivity index (χ1v) is 6.90. The SMILES string of the molecule is CCCOc1cccn(CC(=O)N2CCOCC2)c1=O. The van der Waals surface area contributed by atoms with Crippen molar-refractivity contribution in [3.8, 4) is 5.75 Å². The summed E-state index contributed by atoms with van der Waals surface area (Å²) in [4.78, 5) is 26.0. The Hall–Kier alpha value is -1.82. The van der Waals surface area contributed by atoms with Gasteiger partial charge in [-0.2, -0.15) is 0 Å². The number of hydrogen-bond donors (Lipinski definition) is 0. The average Bonchev–Trinajstić information content (AvgIpc) is 2.49. The van der Waals surface area contributed by atoms with Crippen LogP contribution in [0.2, 0.25) is 0 Å². The van der Waals surface area contributed by atoms with Crippen LogP contribution in [-0.4, -0.2) is 48.3 Å². The first-order chi connectivity index (χ1) is 9.72. The third-order valence-electron chi connectivity index (χ3n) is 3.12. The molecule has 0 unspecified atom stereocenters. The molecule has 0 bridgehead atoms. The summed E-state index contributed by atoms with van der Waals surface area (Å²) in [5.74, 6) is 0.229. The van der Waals surface area contributed by atoms with E-state index in [1.807, 2.05) is 6.92 Å². The molecular formula is C14H20N2O4. The number of carbonyl (C=O) groups is 1. The monoisotopic (exact) mass is 280 g/mol. The van der Waals surface area contributed by atoms with Crippen molar-refractivity contribution in [3.63, 3.8) is 0 Å². The predicted octanol–water partition coefficient (Wildman–Crippen LogP) is 0.496. The largest absolute Gasteiger partial charge is 0.488 e. The summed E-state index contributed by atoms with van der Waals surface area (Å²) >= 11 is 0. The summed E-state index contributed by atoms with van der Waals surface area (Å²) in [6, 6.07) is 3.35. The molecule has 110 valence electrons. The summed E-state index contributed by atoms with van der Waals surface area (Å²) in [5, 5.41) is 0. The van der Waals surface area contributed by atoms with Crippen molar-refractivity contribution in [2.24, 2.45) is 0 Å². The Labute approximate surface area is 117 Å². The van der Waals surface area contributed by atoms with Gasteiger partial charge in [0.25, 0.3) is 5.56 Å². The molecule has 0 radical (unpaired) electrons. The van der Waals surface area contributed by atoms with E-state index in [1.54, 1.807) is 23.2 Å². The molecule has 1 aliphatic rings. The highest BCUT2D eigenvalue weighted by Crippen LogP contribution is 2.04. The number of nitrogens with zero attached hydrogens (tertiary/aromatic N) is 2. The van der Waals surface area contributed by atoms with E-state index in [-0.39, 0.29) is 18.0 Å². The zero-order chi connectivity index (χ0) is 14.4. The second-order valence-corrected chi connectivity index (χ2v) is 4.65. The van der Waals surface area contributed by atoms with E-state index < -0.39 is 0 Å². The highest BCUT2D eigenvalue weighted by molar-refractivity contribution is 5.76. The van der Waals surface area contributed by atoms with Gasteiger partial charge in [-0.25, -0.2) is 0 Å². The van der Waals surface area contributed by atoms with E-state index in [1.165, 1.54) is 4.57 Å². The summed E-state index contributed by atoms with van der Waals surface area (Å²) in [6.45, 7) is 4.79. The van der Waals surface area contributed by atoms with E-state index in [4.69, 9.17) is 9.47 Å². The minimum atomic E-state index is -0.262. The molecule has 1 aromatic heterocycles. The van der Waals surface area contributed by atoms with Crippen LogP contribution in [0.25, 0.3) is 0 Å². The lowest BCUT2D eigenvalue weighted by Gasteiger charge is -2.27. The molecule has 20 heavy (non-hydrogen) atoms. The minimum absolute atomic E-state index is 0.0438. The first kappa shape index (κ1) is 14.6. The molecule has 0 atom stereocenters. The smallest absolute Gasteiger partial charge is 0.293 e. The van der Waals surface area contributed by atoms with Crippen molar-refractivity contribution < 1.29 is 14.3 Å². The molecule has 0 N–H and O–H groups in total. The lowest BCUT2D eigenvalue weighted by atomic mass is 10.3. The third kappa shape index (κ3) is 3.60. The van der Waals surface area contributed by atoms with E-state index in [0.29, 0.717) is 38.7 Å². The maximum absolute atomic E-state index is 12.1. The fourth-order valence-corrected chi connectivity index (χ4v) is 2.02. The van der Waals surface area contributed by atoms with Gasteiger partial charge in [0.15, 0.2) is 5.75 Å². The molecule has 0 aliphatic carbocycles. The maximum atomic E-state index is 12.1. The van der Waals surface area contributed by atoms with Gasteiger partial charge >= 0.3 is 0 Å². The molecule has 2 rings (SSSR count). The van der Waals surface area contributed by atoms with Crippen molar-refractivity contribution in [1.82, 2.24) is 9.47 Å². The summed E-state index contributed by atoms with van der Waals surface area (Å²) in [7, 11) is 0. The number of pyridine rings is 1. The van der Waals surface area contributed by atoms with Crippen molar-refractivity contribution in [1.29, 1.82) is 0 Å². The molecule has 0 aromatic carbocycles. The fraction of sp³-hybridized carbons (Fsp3) is 0.571. The molecule has 1 aromatic rings. The van der Waals surface area contributed by atoms with Gasteiger partial charge in [0.1, 0.15) is 6.54 Å². The van der Waals surface area contributed by atoms with E-state index >= 15 is 0 Å². The zero-order valence-electron chi connectivity index (χ0n) is 11.7. The Morgan fingerprint density at radius 2 is 2.15 bits per heavy atom. The Morgan fingerprint density at radius 1 is 1.40 bits per heavy atom. The Bertz CT molecular complexity index is 506. The van der Waals surface area contributed by atoms with Gasteiger partial charge < -0.3 is 18.9 Å². The molecular weight excluding hydrogens is 260 g/mol.